The molecule has 0 radical (unpaired) electrons. The number of amides is 1. The molecule has 2 heterocycles. The van der Waals surface area contributed by atoms with Crippen LogP contribution in [0.5, 0.6) is 0 Å². The van der Waals surface area contributed by atoms with Crippen molar-refractivity contribution in [3.63, 3.8) is 0 Å². The van der Waals surface area contributed by atoms with Crippen LogP contribution in [0.4, 0.5) is 0 Å². The number of nitrogens with zero attached hydrogens (tertiary/aromatic N) is 2. The topological polar surface area (TPSA) is 86.3 Å². The summed E-state index contributed by atoms with van der Waals surface area (Å²) < 4.78 is 0. The Kier molecular flexibility index (Phi) is 3.34. The minimum Gasteiger partial charge on any atom is -0.480 e. The summed E-state index contributed by atoms with van der Waals surface area (Å²) in [5, 5.41) is 16.1. The van der Waals surface area contributed by atoms with Gasteiger partial charge in [0, 0.05) is 12.2 Å². The van der Waals surface area contributed by atoms with Gasteiger partial charge in [0.15, 0.2) is 0 Å². The average Bonchev–Trinajstić information content (AvgIpc) is 2.95. The van der Waals surface area contributed by atoms with Crippen molar-refractivity contribution in [1.82, 2.24) is 15.1 Å². The molecule has 2 N–H and O–H groups in total. The van der Waals surface area contributed by atoms with Gasteiger partial charge >= 0.3 is 5.97 Å². The van der Waals surface area contributed by atoms with E-state index in [1.165, 1.54) is 4.90 Å². The standard InChI is InChI=1S/C13H19N3O3/c1-8(2)9-7-10(15-14-9)11(17)16-6-4-5-13(16,3)12(18)19/h7-8H,4-6H2,1-3H3,(H,14,15)(H,18,19). The smallest absolute Gasteiger partial charge is 0.329 e. The maximum atomic E-state index is 12.4. The van der Waals surface area contributed by atoms with Crippen molar-refractivity contribution >= 4 is 11.9 Å². The number of carboxylic acids is 1. The van der Waals surface area contributed by atoms with Gasteiger partial charge in [0.05, 0.1) is 0 Å². The van der Waals surface area contributed by atoms with E-state index < -0.39 is 11.5 Å². The number of aromatic nitrogens is 2. The number of hydrogen-bond acceptors (Lipinski definition) is 3. The molecule has 1 aromatic rings. The summed E-state index contributed by atoms with van der Waals surface area (Å²) >= 11 is 0. The maximum Gasteiger partial charge on any atom is 0.329 e. The predicted molar refractivity (Wildman–Crippen MR) is 69.0 cm³/mol. The van der Waals surface area contributed by atoms with Crippen molar-refractivity contribution in [2.45, 2.75) is 45.1 Å². The largest absolute Gasteiger partial charge is 0.480 e. The van der Waals surface area contributed by atoms with Crippen LogP contribution >= 0.6 is 0 Å². The number of carboxylic acid groups (broad SMARTS) is 1. The Balaban J connectivity index is 2.25. The van der Waals surface area contributed by atoms with Crippen LogP contribution in [-0.2, 0) is 4.79 Å². The number of carbonyl (C=O) groups excluding carboxylic acids is 1. The molecule has 0 saturated carbocycles. The third-order valence-electron chi connectivity index (χ3n) is 3.79. The van der Waals surface area contributed by atoms with E-state index >= 15 is 0 Å². The second-order valence-electron chi connectivity index (χ2n) is 5.50. The molecule has 1 aliphatic rings. The Hall–Kier alpha value is -1.85. The number of hydrogen-bond donors (Lipinski definition) is 2. The van der Waals surface area contributed by atoms with Gasteiger partial charge < -0.3 is 10.0 Å². The third kappa shape index (κ3) is 2.22. The highest BCUT2D eigenvalue weighted by Crippen LogP contribution is 2.30. The molecule has 19 heavy (non-hydrogen) atoms. The van der Waals surface area contributed by atoms with Gasteiger partial charge in [0.25, 0.3) is 5.91 Å². The number of rotatable bonds is 3. The van der Waals surface area contributed by atoms with Gasteiger partial charge in [-0.05, 0) is 31.7 Å². The number of likely N-dealkylation sites (tertiary alicyclic amines) is 1. The van der Waals surface area contributed by atoms with Crippen LogP contribution in [0.2, 0.25) is 0 Å². The molecular formula is C13H19N3O3. The number of carbonyl (C=O) groups is 2. The molecule has 0 aromatic carbocycles. The highest BCUT2D eigenvalue weighted by Gasteiger charge is 2.46. The van der Waals surface area contributed by atoms with Crippen molar-refractivity contribution in [3.8, 4) is 0 Å². The molecule has 0 aliphatic carbocycles. The van der Waals surface area contributed by atoms with Crippen LogP contribution in [0.15, 0.2) is 6.07 Å². The number of aromatic amines is 1. The second-order valence-corrected chi connectivity index (χ2v) is 5.50. The molecule has 0 bridgehead atoms. The minimum absolute atomic E-state index is 0.249. The first-order valence-corrected chi connectivity index (χ1v) is 6.47. The first-order valence-electron chi connectivity index (χ1n) is 6.47. The zero-order chi connectivity index (χ0) is 14.2. The molecule has 6 heteroatoms. The van der Waals surface area contributed by atoms with Gasteiger partial charge in [-0.15, -0.1) is 0 Å². The molecule has 104 valence electrons. The van der Waals surface area contributed by atoms with Crippen LogP contribution < -0.4 is 0 Å². The number of H-pyrrole nitrogens is 1. The lowest BCUT2D eigenvalue weighted by molar-refractivity contribution is -0.147. The van der Waals surface area contributed by atoms with Crippen LogP contribution in [0.1, 0.15) is 55.7 Å². The van der Waals surface area contributed by atoms with Gasteiger partial charge in [-0.25, -0.2) is 4.79 Å². The fourth-order valence-corrected chi connectivity index (χ4v) is 2.39. The zero-order valence-corrected chi connectivity index (χ0v) is 11.4. The summed E-state index contributed by atoms with van der Waals surface area (Å²) in [5.74, 6) is -1.03. The Morgan fingerprint density at radius 2 is 2.21 bits per heavy atom. The van der Waals surface area contributed by atoms with Crippen molar-refractivity contribution in [3.05, 3.63) is 17.5 Å². The maximum absolute atomic E-state index is 12.4. The van der Waals surface area contributed by atoms with Crippen molar-refractivity contribution in [2.24, 2.45) is 0 Å². The van der Waals surface area contributed by atoms with E-state index in [1.807, 2.05) is 13.8 Å². The van der Waals surface area contributed by atoms with Crippen molar-refractivity contribution in [2.75, 3.05) is 6.54 Å². The molecule has 1 aliphatic heterocycles. The van der Waals surface area contributed by atoms with Gasteiger partial charge in [-0.1, -0.05) is 13.8 Å². The molecule has 1 aromatic heterocycles. The second kappa shape index (κ2) is 4.68. The quantitative estimate of drug-likeness (QED) is 0.869. The van der Waals surface area contributed by atoms with E-state index in [9.17, 15) is 14.7 Å². The summed E-state index contributed by atoms with van der Waals surface area (Å²) in [4.78, 5) is 25.2. The first-order chi connectivity index (χ1) is 8.86. The van der Waals surface area contributed by atoms with E-state index in [2.05, 4.69) is 10.2 Å². The van der Waals surface area contributed by atoms with Crippen LogP contribution in [0.25, 0.3) is 0 Å². The summed E-state index contributed by atoms with van der Waals surface area (Å²) in [6, 6.07) is 1.70. The zero-order valence-electron chi connectivity index (χ0n) is 11.4. The Morgan fingerprint density at radius 1 is 1.53 bits per heavy atom. The highest BCUT2D eigenvalue weighted by atomic mass is 16.4. The molecule has 6 nitrogen and oxygen atoms in total. The fourth-order valence-electron chi connectivity index (χ4n) is 2.39. The normalized spacial score (nSPS) is 23.1. The highest BCUT2D eigenvalue weighted by molar-refractivity contribution is 5.96. The average molecular weight is 265 g/mol. The molecule has 1 saturated heterocycles. The summed E-state index contributed by atoms with van der Waals surface area (Å²) in [5.41, 5.74) is 0.0475. The number of aliphatic carboxylic acids is 1. The van der Waals surface area contributed by atoms with E-state index in [1.54, 1.807) is 13.0 Å². The monoisotopic (exact) mass is 265 g/mol. The van der Waals surface area contributed by atoms with Gasteiger partial charge in [0.2, 0.25) is 0 Å². The fraction of sp³-hybridized carbons (Fsp3) is 0.615. The van der Waals surface area contributed by atoms with Crippen LogP contribution in [0.3, 0.4) is 0 Å². The molecule has 0 spiro atoms. The summed E-state index contributed by atoms with van der Waals surface area (Å²) in [7, 11) is 0. The molecular weight excluding hydrogens is 246 g/mol. The van der Waals surface area contributed by atoms with Gasteiger partial charge in [0.1, 0.15) is 11.2 Å². The van der Waals surface area contributed by atoms with Crippen LogP contribution in [0, 0.1) is 0 Å². The summed E-state index contributed by atoms with van der Waals surface area (Å²) in [6.07, 6.45) is 1.19. The van der Waals surface area contributed by atoms with E-state index in [-0.39, 0.29) is 17.5 Å². The molecule has 1 atom stereocenters. The first kappa shape index (κ1) is 13.6. The van der Waals surface area contributed by atoms with E-state index in [0.29, 0.717) is 19.4 Å². The van der Waals surface area contributed by atoms with E-state index in [4.69, 9.17) is 0 Å². The van der Waals surface area contributed by atoms with Gasteiger partial charge in [-0.2, -0.15) is 5.10 Å². The molecule has 1 amide bonds. The number of nitrogens with one attached hydrogen (secondary N) is 1. The van der Waals surface area contributed by atoms with Crippen molar-refractivity contribution in [1.29, 1.82) is 0 Å². The molecule has 1 unspecified atom stereocenters. The van der Waals surface area contributed by atoms with E-state index in [0.717, 1.165) is 5.69 Å². The lowest BCUT2D eigenvalue weighted by atomic mass is 9.99. The SMILES string of the molecule is CC(C)c1cc(C(=O)N2CCCC2(C)C(=O)O)n[nH]1. The van der Waals surface area contributed by atoms with Crippen molar-refractivity contribution < 1.29 is 14.7 Å². The minimum atomic E-state index is -1.12. The Labute approximate surface area is 111 Å². The third-order valence-corrected chi connectivity index (χ3v) is 3.79. The lowest BCUT2D eigenvalue weighted by Gasteiger charge is -2.30. The predicted octanol–water partition coefficient (Wildman–Crippen LogP) is 1.61. The Morgan fingerprint density at radius 3 is 2.74 bits per heavy atom. The van der Waals surface area contributed by atoms with Gasteiger partial charge in [-0.3, -0.25) is 9.89 Å². The molecule has 2 rings (SSSR count). The Bertz CT molecular complexity index is 509. The molecule has 1 fully saturated rings. The van der Waals surface area contributed by atoms with Crippen LogP contribution in [-0.4, -0.2) is 44.2 Å². The summed E-state index contributed by atoms with van der Waals surface area (Å²) in [6.45, 7) is 6.06. The lowest BCUT2D eigenvalue weighted by Crippen LogP contribution is -2.50.